The molecular weight excluding hydrogens is 404 g/mol. The van der Waals surface area contributed by atoms with Gasteiger partial charge in [-0.2, -0.15) is 0 Å². The van der Waals surface area contributed by atoms with Crippen molar-refractivity contribution >= 4 is 5.96 Å². The number of nitrogens with one attached hydrogen (secondary N) is 2. The topological polar surface area (TPSA) is 80.9 Å². The van der Waals surface area contributed by atoms with Crippen LogP contribution in [0.2, 0.25) is 0 Å². The van der Waals surface area contributed by atoms with Gasteiger partial charge in [-0.05, 0) is 42.7 Å². The van der Waals surface area contributed by atoms with Crippen LogP contribution in [0.4, 0.5) is 0 Å². The van der Waals surface area contributed by atoms with Gasteiger partial charge in [0.25, 0.3) is 0 Å². The summed E-state index contributed by atoms with van der Waals surface area (Å²) in [6.07, 6.45) is 3.58. The van der Waals surface area contributed by atoms with E-state index in [1.54, 1.807) is 20.4 Å². The fraction of sp³-hybridized carbons (Fsp3) is 0.360. The lowest BCUT2D eigenvalue weighted by Crippen LogP contribution is -2.47. The standard InChI is InChI=1S/C25H30N4O3/c1-26-24(27-16-21-17-32-23(29-21)19-6-4-3-5-7-19)28-18-25(12-14-31-15-13-25)20-8-10-22(30-2)11-9-20/h3-11,17H,12-16,18H2,1-2H3,(H2,26,27,28). The molecule has 0 saturated carbocycles. The predicted molar refractivity (Wildman–Crippen MR) is 125 cm³/mol. The van der Waals surface area contributed by atoms with Gasteiger partial charge < -0.3 is 24.5 Å². The van der Waals surface area contributed by atoms with E-state index in [2.05, 4.69) is 32.7 Å². The van der Waals surface area contributed by atoms with E-state index < -0.39 is 0 Å². The third kappa shape index (κ3) is 5.11. The van der Waals surface area contributed by atoms with E-state index in [9.17, 15) is 0 Å². The molecule has 0 radical (unpaired) electrons. The normalized spacial score (nSPS) is 15.9. The molecule has 0 aliphatic carbocycles. The van der Waals surface area contributed by atoms with Gasteiger partial charge >= 0.3 is 0 Å². The Labute approximate surface area is 188 Å². The molecule has 2 aromatic carbocycles. The Bertz CT molecular complexity index is 1010. The maximum absolute atomic E-state index is 5.65. The van der Waals surface area contributed by atoms with Crippen LogP contribution in [-0.2, 0) is 16.7 Å². The smallest absolute Gasteiger partial charge is 0.226 e. The summed E-state index contributed by atoms with van der Waals surface area (Å²) in [4.78, 5) is 8.96. The van der Waals surface area contributed by atoms with E-state index in [4.69, 9.17) is 13.9 Å². The SMILES string of the molecule is CN=C(NCc1coc(-c2ccccc2)n1)NCC1(c2ccc(OC)cc2)CCOCC1. The molecule has 2 N–H and O–H groups in total. The summed E-state index contributed by atoms with van der Waals surface area (Å²) in [5.41, 5.74) is 3.05. The molecule has 1 aromatic heterocycles. The summed E-state index contributed by atoms with van der Waals surface area (Å²) < 4.78 is 16.6. The molecule has 32 heavy (non-hydrogen) atoms. The number of aliphatic imine (C=N–C) groups is 1. The van der Waals surface area contributed by atoms with Crippen LogP contribution in [-0.4, -0.2) is 44.9 Å². The predicted octanol–water partition coefficient (Wildman–Crippen LogP) is 3.76. The molecule has 1 aliphatic rings. The molecule has 7 nitrogen and oxygen atoms in total. The molecule has 7 heteroatoms. The number of ether oxygens (including phenoxy) is 2. The van der Waals surface area contributed by atoms with Gasteiger partial charge in [0.05, 0.1) is 19.3 Å². The molecule has 168 valence electrons. The summed E-state index contributed by atoms with van der Waals surface area (Å²) in [5.74, 6) is 2.21. The van der Waals surface area contributed by atoms with Crippen LogP contribution < -0.4 is 15.4 Å². The van der Waals surface area contributed by atoms with E-state index in [0.717, 1.165) is 55.6 Å². The van der Waals surface area contributed by atoms with Gasteiger partial charge in [-0.3, -0.25) is 4.99 Å². The quantitative estimate of drug-likeness (QED) is 0.435. The second-order valence-corrected chi connectivity index (χ2v) is 7.91. The summed E-state index contributed by atoms with van der Waals surface area (Å²) in [6.45, 7) is 2.78. The Balaban J connectivity index is 1.38. The first-order chi connectivity index (χ1) is 15.7. The Morgan fingerprint density at radius 3 is 2.50 bits per heavy atom. The lowest BCUT2D eigenvalue weighted by molar-refractivity contribution is 0.0513. The van der Waals surface area contributed by atoms with Crippen molar-refractivity contribution in [3.8, 4) is 17.2 Å². The number of methoxy groups -OCH3 is 1. The number of benzene rings is 2. The maximum Gasteiger partial charge on any atom is 0.226 e. The van der Waals surface area contributed by atoms with Crippen molar-refractivity contribution in [2.75, 3.05) is 33.9 Å². The number of hydrogen-bond donors (Lipinski definition) is 2. The van der Waals surface area contributed by atoms with Gasteiger partial charge in [-0.25, -0.2) is 4.98 Å². The molecule has 1 fully saturated rings. The average Bonchev–Trinajstić information content (AvgIpc) is 3.34. The highest BCUT2D eigenvalue weighted by atomic mass is 16.5. The van der Waals surface area contributed by atoms with Crippen LogP contribution in [0.1, 0.15) is 24.1 Å². The van der Waals surface area contributed by atoms with E-state index in [1.165, 1.54) is 5.56 Å². The third-order valence-electron chi connectivity index (χ3n) is 5.98. The third-order valence-corrected chi connectivity index (χ3v) is 5.98. The number of hydrogen-bond acceptors (Lipinski definition) is 5. The Morgan fingerprint density at radius 1 is 1.06 bits per heavy atom. The van der Waals surface area contributed by atoms with Crippen molar-refractivity contribution in [3.63, 3.8) is 0 Å². The number of oxazole rings is 1. The molecule has 0 bridgehead atoms. The molecule has 1 aliphatic heterocycles. The molecule has 1 saturated heterocycles. The Hall–Kier alpha value is -3.32. The molecule has 3 aromatic rings. The second kappa shape index (κ2) is 10.3. The van der Waals surface area contributed by atoms with Crippen molar-refractivity contribution in [3.05, 3.63) is 72.1 Å². The first-order valence-electron chi connectivity index (χ1n) is 10.9. The molecule has 0 unspecified atom stereocenters. The van der Waals surface area contributed by atoms with E-state index in [-0.39, 0.29) is 5.41 Å². The highest BCUT2D eigenvalue weighted by Crippen LogP contribution is 2.35. The summed E-state index contributed by atoms with van der Waals surface area (Å²) in [7, 11) is 3.46. The van der Waals surface area contributed by atoms with Crippen LogP contribution in [0.25, 0.3) is 11.5 Å². The summed E-state index contributed by atoms with van der Waals surface area (Å²) in [5, 5.41) is 6.85. The zero-order chi connectivity index (χ0) is 22.2. The van der Waals surface area contributed by atoms with Crippen molar-refractivity contribution in [2.24, 2.45) is 4.99 Å². The van der Waals surface area contributed by atoms with Gasteiger partial charge in [0, 0.05) is 37.8 Å². The molecule has 0 amide bonds. The van der Waals surface area contributed by atoms with Crippen molar-refractivity contribution in [1.29, 1.82) is 0 Å². The molecular formula is C25H30N4O3. The van der Waals surface area contributed by atoms with Gasteiger partial charge in [0.1, 0.15) is 12.0 Å². The highest BCUT2D eigenvalue weighted by molar-refractivity contribution is 5.79. The minimum absolute atomic E-state index is 0.0174. The van der Waals surface area contributed by atoms with E-state index >= 15 is 0 Å². The number of aromatic nitrogens is 1. The minimum Gasteiger partial charge on any atom is -0.497 e. The number of nitrogens with zero attached hydrogens (tertiary/aromatic N) is 2. The molecule has 4 rings (SSSR count). The van der Waals surface area contributed by atoms with Crippen LogP contribution in [0.3, 0.4) is 0 Å². The van der Waals surface area contributed by atoms with Crippen LogP contribution in [0.15, 0.2) is 70.3 Å². The molecule has 2 heterocycles. The first-order valence-corrected chi connectivity index (χ1v) is 10.9. The van der Waals surface area contributed by atoms with Crippen LogP contribution >= 0.6 is 0 Å². The Kier molecular flexibility index (Phi) is 7.07. The largest absolute Gasteiger partial charge is 0.497 e. The van der Waals surface area contributed by atoms with Crippen molar-refractivity contribution in [2.45, 2.75) is 24.8 Å². The van der Waals surface area contributed by atoms with Gasteiger partial charge in [-0.15, -0.1) is 0 Å². The first kappa shape index (κ1) is 21.9. The average molecular weight is 435 g/mol. The zero-order valence-corrected chi connectivity index (χ0v) is 18.6. The van der Waals surface area contributed by atoms with E-state index in [0.29, 0.717) is 12.4 Å². The summed E-state index contributed by atoms with van der Waals surface area (Å²) in [6, 6.07) is 18.2. The van der Waals surface area contributed by atoms with Crippen LogP contribution in [0, 0.1) is 0 Å². The number of rotatable bonds is 7. The van der Waals surface area contributed by atoms with Crippen molar-refractivity contribution in [1.82, 2.24) is 15.6 Å². The highest BCUT2D eigenvalue weighted by Gasteiger charge is 2.34. The van der Waals surface area contributed by atoms with Gasteiger partial charge in [0.2, 0.25) is 5.89 Å². The van der Waals surface area contributed by atoms with Gasteiger partial charge in [-0.1, -0.05) is 30.3 Å². The Morgan fingerprint density at radius 2 is 1.81 bits per heavy atom. The summed E-state index contributed by atoms with van der Waals surface area (Å²) >= 11 is 0. The maximum atomic E-state index is 5.65. The number of guanidine groups is 1. The second-order valence-electron chi connectivity index (χ2n) is 7.91. The van der Waals surface area contributed by atoms with Crippen molar-refractivity contribution < 1.29 is 13.9 Å². The monoisotopic (exact) mass is 434 g/mol. The van der Waals surface area contributed by atoms with Gasteiger partial charge in [0.15, 0.2) is 5.96 Å². The van der Waals surface area contributed by atoms with E-state index in [1.807, 2.05) is 42.5 Å². The minimum atomic E-state index is -0.0174. The fourth-order valence-corrected chi connectivity index (χ4v) is 4.02. The fourth-order valence-electron chi connectivity index (χ4n) is 4.02. The lowest BCUT2D eigenvalue weighted by Gasteiger charge is -2.38. The van der Waals surface area contributed by atoms with Crippen LogP contribution in [0.5, 0.6) is 5.75 Å². The zero-order valence-electron chi connectivity index (χ0n) is 18.6. The molecule has 0 spiro atoms. The lowest BCUT2D eigenvalue weighted by atomic mass is 9.74. The molecule has 0 atom stereocenters.